The van der Waals surface area contributed by atoms with Crippen LogP contribution >= 0.6 is 11.3 Å². The van der Waals surface area contributed by atoms with E-state index in [-0.39, 0.29) is 6.10 Å². The van der Waals surface area contributed by atoms with E-state index in [2.05, 4.69) is 5.32 Å². The van der Waals surface area contributed by atoms with E-state index < -0.39 is 0 Å². The van der Waals surface area contributed by atoms with E-state index in [0.29, 0.717) is 12.6 Å². The first-order valence-electron chi connectivity index (χ1n) is 4.37. The van der Waals surface area contributed by atoms with E-state index >= 15 is 0 Å². The highest BCUT2D eigenvalue weighted by Crippen LogP contribution is 2.15. The molecule has 0 aliphatic carbocycles. The molecule has 1 saturated heterocycles. The predicted molar refractivity (Wildman–Crippen MR) is 51.9 cm³/mol. The third kappa shape index (κ3) is 2.28. The van der Waals surface area contributed by atoms with Gasteiger partial charge in [-0.25, -0.2) is 0 Å². The van der Waals surface area contributed by atoms with Crippen LogP contribution in [0, 0.1) is 0 Å². The lowest BCUT2D eigenvalue weighted by molar-refractivity contribution is -0.00979. The molecule has 1 aliphatic rings. The molecule has 0 radical (unpaired) electrons. The molecule has 0 bridgehead atoms. The number of thiophene rings is 1. The van der Waals surface area contributed by atoms with Crippen molar-refractivity contribution < 1.29 is 9.84 Å². The molecule has 2 heterocycles. The Morgan fingerprint density at radius 2 is 2.54 bits per heavy atom. The molecule has 1 aromatic heterocycles. The lowest BCUT2D eigenvalue weighted by atomic mass is 10.2. The summed E-state index contributed by atoms with van der Waals surface area (Å²) in [5.74, 6) is 0. The largest absolute Gasteiger partial charge is 0.387 e. The summed E-state index contributed by atoms with van der Waals surface area (Å²) in [6.07, 6.45) is -0.383. The van der Waals surface area contributed by atoms with E-state index in [9.17, 15) is 5.11 Å². The fourth-order valence-corrected chi connectivity index (χ4v) is 1.92. The summed E-state index contributed by atoms with van der Waals surface area (Å²) in [6, 6.07) is 2.39. The van der Waals surface area contributed by atoms with Gasteiger partial charge in [0.05, 0.1) is 25.4 Å². The third-order valence-electron chi connectivity index (χ3n) is 2.17. The monoisotopic (exact) mass is 199 g/mol. The third-order valence-corrected chi connectivity index (χ3v) is 2.87. The number of hydrogen-bond acceptors (Lipinski definition) is 4. The standard InChI is InChI=1S/C9H13NO2S/c11-9(7-1-2-13-6-7)3-10-8-4-12-5-8/h1-2,6,8-11H,3-5H2. The van der Waals surface area contributed by atoms with Crippen molar-refractivity contribution in [3.05, 3.63) is 22.4 Å². The van der Waals surface area contributed by atoms with E-state index in [1.54, 1.807) is 11.3 Å². The number of aliphatic hydroxyl groups excluding tert-OH is 1. The van der Waals surface area contributed by atoms with Crippen LogP contribution in [0.4, 0.5) is 0 Å². The number of rotatable bonds is 4. The second-order valence-electron chi connectivity index (χ2n) is 3.22. The van der Waals surface area contributed by atoms with Crippen molar-refractivity contribution in [2.75, 3.05) is 19.8 Å². The van der Waals surface area contributed by atoms with Gasteiger partial charge in [-0.3, -0.25) is 0 Å². The molecule has 1 aliphatic heterocycles. The summed E-state index contributed by atoms with van der Waals surface area (Å²) in [5.41, 5.74) is 0.998. The van der Waals surface area contributed by atoms with Crippen LogP contribution in [-0.4, -0.2) is 30.9 Å². The van der Waals surface area contributed by atoms with Crippen LogP contribution in [0.2, 0.25) is 0 Å². The molecular weight excluding hydrogens is 186 g/mol. The van der Waals surface area contributed by atoms with Crippen LogP contribution < -0.4 is 5.32 Å². The zero-order valence-electron chi connectivity index (χ0n) is 7.27. The van der Waals surface area contributed by atoms with E-state index in [1.807, 2.05) is 16.8 Å². The SMILES string of the molecule is OC(CNC1COC1)c1ccsc1. The quantitative estimate of drug-likeness (QED) is 0.752. The van der Waals surface area contributed by atoms with E-state index in [4.69, 9.17) is 4.74 Å². The van der Waals surface area contributed by atoms with Crippen molar-refractivity contribution in [1.82, 2.24) is 5.32 Å². The van der Waals surface area contributed by atoms with Crippen molar-refractivity contribution in [1.29, 1.82) is 0 Å². The lowest BCUT2D eigenvalue weighted by Gasteiger charge is -2.27. The van der Waals surface area contributed by atoms with Crippen LogP contribution in [0.1, 0.15) is 11.7 Å². The Hall–Kier alpha value is -0.420. The van der Waals surface area contributed by atoms with Gasteiger partial charge in [-0.05, 0) is 22.4 Å². The number of nitrogens with one attached hydrogen (secondary N) is 1. The maximum Gasteiger partial charge on any atom is 0.0922 e. The predicted octanol–water partition coefficient (Wildman–Crippen LogP) is 0.770. The minimum Gasteiger partial charge on any atom is -0.387 e. The van der Waals surface area contributed by atoms with Crippen LogP contribution in [0.3, 0.4) is 0 Å². The van der Waals surface area contributed by atoms with Crippen molar-refractivity contribution in [3.8, 4) is 0 Å². The molecule has 72 valence electrons. The average Bonchev–Trinajstić information content (AvgIpc) is 2.52. The summed E-state index contributed by atoms with van der Waals surface area (Å²) in [4.78, 5) is 0. The van der Waals surface area contributed by atoms with E-state index in [1.165, 1.54) is 0 Å². The molecule has 1 fully saturated rings. The Morgan fingerprint density at radius 3 is 3.08 bits per heavy atom. The average molecular weight is 199 g/mol. The smallest absolute Gasteiger partial charge is 0.0922 e. The number of aliphatic hydroxyl groups is 1. The first-order chi connectivity index (χ1) is 6.36. The van der Waals surface area contributed by atoms with Crippen molar-refractivity contribution in [3.63, 3.8) is 0 Å². The molecule has 0 aromatic carbocycles. The molecule has 0 saturated carbocycles. The minimum atomic E-state index is -0.383. The molecule has 1 unspecified atom stereocenters. The maximum absolute atomic E-state index is 9.68. The number of hydrogen-bond donors (Lipinski definition) is 2. The molecule has 2 N–H and O–H groups in total. The van der Waals surface area contributed by atoms with Crippen LogP contribution in [0.5, 0.6) is 0 Å². The summed E-state index contributed by atoms with van der Waals surface area (Å²) < 4.78 is 5.02. The zero-order valence-corrected chi connectivity index (χ0v) is 8.09. The Bertz CT molecular complexity index is 246. The molecule has 0 amide bonds. The maximum atomic E-state index is 9.68. The van der Waals surface area contributed by atoms with Gasteiger partial charge in [-0.1, -0.05) is 0 Å². The molecule has 1 aromatic rings. The molecule has 0 spiro atoms. The Labute approximate surface area is 81.3 Å². The first kappa shape index (κ1) is 9.15. The van der Waals surface area contributed by atoms with Gasteiger partial charge in [0.15, 0.2) is 0 Å². The lowest BCUT2D eigenvalue weighted by Crippen LogP contribution is -2.47. The summed E-state index contributed by atoms with van der Waals surface area (Å²) in [7, 11) is 0. The van der Waals surface area contributed by atoms with Crippen molar-refractivity contribution in [2.45, 2.75) is 12.1 Å². The van der Waals surface area contributed by atoms with Gasteiger partial charge in [0.2, 0.25) is 0 Å². The highest BCUT2D eigenvalue weighted by Gasteiger charge is 2.18. The van der Waals surface area contributed by atoms with Gasteiger partial charge >= 0.3 is 0 Å². The van der Waals surface area contributed by atoms with Gasteiger partial charge in [0.25, 0.3) is 0 Å². The Balaban J connectivity index is 1.74. The van der Waals surface area contributed by atoms with Gasteiger partial charge < -0.3 is 15.2 Å². The van der Waals surface area contributed by atoms with Gasteiger partial charge in [0.1, 0.15) is 0 Å². The second kappa shape index (κ2) is 4.19. The molecular formula is C9H13NO2S. The molecule has 3 nitrogen and oxygen atoms in total. The van der Waals surface area contributed by atoms with Gasteiger partial charge in [-0.15, -0.1) is 0 Å². The highest BCUT2D eigenvalue weighted by atomic mass is 32.1. The van der Waals surface area contributed by atoms with Crippen molar-refractivity contribution in [2.24, 2.45) is 0 Å². The van der Waals surface area contributed by atoms with Crippen LogP contribution in [0.25, 0.3) is 0 Å². The minimum absolute atomic E-state index is 0.383. The molecule has 1 atom stereocenters. The fourth-order valence-electron chi connectivity index (χ4n) is 1.21. The highest BCUT2D eigenvalue weighted by molar-refractivity contribution is 7.07. The normalized spacial score (nSPS) is 19.8. The Kier molecular flexibility index (Phi) is 2.95. The van der Waals surface area contributed by atoms with Gasteiger partial charge in [-0.2, -0.15) is 11.3 Å². The topological polar surface area (TPSA) is 41.5 Å². The Morgan fingerprint density at radius 1 is 1.69 bits per heavy atom. The molecule has 2 rings (SSSR count). The first-order valence-corrected chi connectivity index (χ1v) is 5.32. The number of ether oxygens (including phenoxy) is 1. The van der Waals surface area contributed by atoms with Crippen molar-refractivity contribution >= 4 is 11.3 Å². The van der Waals surface area contributed by atoms with Gasteiger partial charge in [0, 0.05) is 6.54 Å². The fraction of sp³-hybridized carbons (Fsp3) is 0.556. The van der Waals surface area contributed by atoms with Crippen LogP contribution in [0.15, 0.2) is 16.8 Å². The molecule has 13 heavy (non-hydrogen) atoms. The summed E-state index contributed by atoms with van der Waals surface area (Å²) in [6.45, 7) is 2.16. The summed E-state index contributed by atoms with van der Waals surface area (Å²) >= 11 is 1.61. The zero-order chi connectivity index (χ0) is 9.10. The summed E-state index contributed by atoms with van der Waals surface area (Å²) in [5, 5.41) is 16.9. The van der Waals surface area contributed by atoms with E-state index in [0.717, 1.165) is 18.8 Å². The van der Waals surface area contributed by atoms with Crippen LogP contribution in [-0.2, 0) is 4.74 Å². The second-order valence-corrected chi connectivity index (χ2v) is 4.00. The molecule has 4 heteroatoms.